The van der Waals surface area contributed by atoms with Crippen LogP contribution >= 0.6 is 11.6 Å². The fourth-order valence-corrected chi connectivity index (χ4v) is 6.00. The van der Waals surface area contributed by atoms with Gasteiger partial charge in [-0.2, -0.15) is 0 Å². The van der Waals surface area contributed by atoms with Crippen LogP contribution in [0.15, 0.2) is 77.7 Å². The fraction of sp³-hybridized carbons (Fsp3) is 0.355. The summed E-state index contributed by atoms with van der Waals surface area (Å²) in [5, 5.41) is 3.52. The maximum absolute atomic E-state index is 14.2. The third-order valence-electron chi connectivity index (χ3n) is 6.39. The molecule has 7 nitrogen and oxygen atoms in total. The van der Waals surface area contributed by atoms with E-state index in [-0.39, 0.29) is 17.3 Å². The zero-order valence-corrected chi connectivity index (χ0v) is 25.5. The highest BCUT2D eigenvalue weighted by Crippen LogP contribution is 2.28. The first-order chi connectivity index (χ1) is 18.7. The Balaban J connectivity index is 2.10. The van der Waals surface area contributed by atoms with Crippen molar-refractivity contribution in [3.63, 3.8) is 0 Å². The van der Waals surface area contributed by atoms with E-state index in [0.717, 1.165) is 15.4 Å². The van der Waals surface area contributed by atoms with Gasteiger partial charge in [0, 0.05) is 17.1 Å². The van der Waals surface area contributed by atoms with E-state index in [0.29, 0.717) is 22.7 Å². The van der Waals surface area contributed by atoms with Gasteiger partial charge in [-0.15, -0.1) is 0 Å². The topological polar surface area (TPSA) is 86.8 Å². The highest BCUT2D eigenvalue weighted by atomic mass is 35.5. The number of carbonyl (C=O) groups excluding carboxylic acids is 2. The van der Waals surface area contributed by atoms with Gasteiger partial charge in [0.05, 0.1) is 10.6 Å². The molecule has 0 saturated heterocycles. The molecule has 0 fully saturated rings. The number of benzene rings is 3. The minimum Gasteiger partial charge on any atom is -0.350 e. The van der Waals surface area contributed by atoms with Crippen molar-refractivity contribution in [1.82, 2.24) is 10.2 Å². The number of hydrogen-bond donors (Lipinski definition) is 1. The molecule has 40 heavy (non-hydrogen) atoms. The summed E-state index contributed by atoms with van der Waals surface area (Å²) in [7, 11) is -4.11. The van der Waals surface area contributed by atoms with Gasteiger partial charge in [-0.3, -0.25) is 13.9 Å². The molecule has 0 radical (unpaired) electrons. The van der Waals surface area contributed by atoms with E-state index >= 15 is 0 Å². The lowest BCUT2D eigenvalue weighted by molar-refractivity contribution is -0.141. The monoisotopic (exact) mass is 583 g/mol. The number of anilines is 1. The van der Waals surface area contributed by atoms with Gasteiger partial charge in [0.15, 0.2) is 0 Å². The number of hydrogen-bond acceptors (Lipinski definition) is 4. The van der Waals surface area contributed by atoms with Crippen LogP contribution in [0.4, 0.5) is 5.69 Å². The van der Waals surface area contributed by atoms with E-state index in [2.05, 4.69) is 5.32 Å². The molecular weight excluding hydrogens is 546 g/mol. The summed E-state index contributed by atoms with van der Waals surface area (Å²) >= 11 is 6.08. The van der Waals surface area contributed by atoms with Crippen molar-refractivity contribution in [3.05, 3.63) is 94.5 Å². The summed E-state index contributed by atoms with van der Waals surface area (Å²) in [6.45, 7) is 10.8. The summed E-state index contributed by atoms with van der Waals surface area (Å²) < 4.78 is 29.1. The smallest absolute Gasteiger partial charge is 0.264 e. The lowest BCUT2D eigenvalue weighted by Crippen LogP contribution is -2.55. The predicted octanol–water partition coefficient (Wildman–Crippen LogP) is 5.87. The maximum atomic E-state index is 14.2. The second-order valence-electron chi connectivity index (χ2n) is 10.9. The molecule has 3 rings (SSSR count). The van der Waals surface area contributed by atoms with Crippen LogP contribution in [0.2, 0.25) is 5.02 Å². The molecule has 0 aliphatic carbocycles. The second kappa shape index (κ2) is 12.9. The first-order valence-electron chi connectivity index (χ1n) is 13.2. The van der Waals surface area contributed by atoms with Gasteiger partial charge >= 0.3 is 0 Å². The lowest BCUT2D eigenvalue weighted by Gasteiger charge is -2.35. The molecule has 0 aromatic heterocycles. The predicted molar refractivity (Wildman–Crippen MR) is 161 cm³/mol. The van der Waals surface area contributed by atoms with E-state index in [1.807, 2.05) is 53.7 Å². The summed E-state index contributed by atoms with van der Waals surface area (Å²) in [5.41, 5.74) is 2.23. The molecular formula is C31H38ClN3O4S. The van der Waals surface area contributed by atoms with Crippen LogP contribution in [-0.2, 0) is 26.2 Å². The van der Waals surface area contributed by atoms with Crippen molar-refractivity contribution in [3.8, 4) is 0 Å². The molecule has 0 bridgehead atoms. The molecule has 0 aliphatic heterocycles. The quantitative estimate of drug-likeness (QED) is 0.323. The first kappa shape index (κ1) is 31.2. The van der Waals surface area contributed by atoms with Crippen molar-refractivity contribution in [2.24, 2.45) is 0 Å². The zero-order chi connectivity index (χ0) is 29.7. The molecule has 214 valence electrons. The number of nitrogens with one attached hydrogen (secondary N) is 1. The van der Waals surface area contributed by atoms with Crippen molar-refractivity contribution >= 4 is 39.1 Å². The number of aryl methyl sites for hydroxylation is 2. The number of carbonyl (C=O) groups is 2. The molecule has 9 heteroatoms. The van der Waals surface area contributed by atoms with Crippen LogP contribution in [0.5, 0.6) is 0 Å². The average Bonchev–Trinajstić information content (AvgIpc) is 2.89. The van der Waals surface area contributed by atoms with Gasteiger partial charge in [0.2, 0.25) is 11.8 Å². The summed E-state index contributed by atoms with van der Waals surface area (Å²) in [5.74, 6) is -0.798. The summed E-state index contributed by atoms with van der Waals surface area (Å²) in [6.07, 6.45) is 0.343. The highest BCUT2D eigenvalue weighted by molar-refractivity contribution is 7.92. The fourth-order valence-electron chi connectivity index (χ4n) is 4.38. The standard InChI is InChI=1S/C31H38ClN3O4S/c1-7-27(30(37)33-31(4,5)6)34(20-24-15-17-25(32)18-16-24)29(36)21-35(28-19-22(2)13-14-23(28)3)40(38,39)26-11-9-8-10-12-26/h8-19,27H,7,20-21H2,1-6H3,(H,33,37). The molecule has 0 spiro atoms. The minimum atomic E-state index is -4.11. The van der Waals surface area contributed by atoms with Gasteiger partial charge in [0.25, 0.3) is 10.0 Å². The van der Waals surface area contributed by atoms with Crippen molar-refractivity contribution in [1.29, 1.82) is 0 Å². The van der Waals surface area contributed by atoms with Gasteiger partial charge in [-0.05, 0) is 88.1 Å². The number of sulfonamides is 1. The van der Waals surface area contributed by atoms with Gasteiger partial charge in [-0.25, -0.2) is 8.42 Å². The number of amides is 2. The van der Waals surface area contributed by atoms with Gasteiger partial charge in [-0.1, -0.05) is 61.0 Å². The summed E-state index contributed by atoms with van der Waals surface area (Å²) in [6, 6.07) is 19.7. The molecule has 1 N–H and O–H groups in total. The van der Waals surface area contributed by atoms with Crippen LogP contribution in [-0.4, -0.2) is 43.3 Å². The molecule has 0 aliphatic rings. The first-order valence-corrected chi connectivity index (χ1v) is 15.1. The molecule has 3 aromatic rings. The minimum absolute atomic E-state index is 0.0745. The third-order valence-corrected chi connectivity index (χ3v) is 8.42. The molecule has 0 saturated carbocycles. The van der Waals surface area contributed by atoms with Crippen molar-refractivity contribution in [2.75, 3.05) is 10.8 Å². The van der Waals surface area contributed by atoms with E-state index in [1.165, 1.54) is 17.0 Å². The molecule has 1 unspecified atom stereocenters. The molecule has 0 heterocycles. The van der Waals surface area contributed by atoms with Crippen molar-refractivity contribution < 1.29 is 18.0 Å². The third kappa shape index (κ3) is 7.86. The van der Waals surface area contributed by atoms with E-state index in [9.17, 15) is 18.0 Å². The lowest BCUT2D eigenvalue weighted by atomic mass is 10.1. The zero-order valence-electron chi connectivity index (χ0n) is 23.9. The summed E-state index contributed by atoms with van der Waals surface area (Å²) in [4.78, 5) is 29.1. The Morgan fingerprint density at radius 1 is 0.950 bits per heavy atom. The molecule has 3 aromatic carbocycles. The number of halogens is 1. The Labute approximate surface area is 243 Å². The van der Waals surface area contributed by atoms with E-state index in [4.69, 9.17) is 11.6 Å². The Morgan fingerprint density at radius 2 is 1.57 bits per heavy atom. The van der Waals surface area contributed by atoms with Crippen molar-refractivity contribution in [2.45, 2.75) is 71.0 Å². The van der Waals surface area contributed by atoms with Crippen LogP contribution in [0.25, 0.3) is 0 Å². The van der Waals surface area contributed by atoms with Crippen LogP contribution in [0.3, 0.4) is 0 Å². The van der Waals surface area contributed by atoms with Crippen LogP contribution in [0.1, 0.15) is 50.8 Å². The van der Waals surface area contributed by atoms with Crippen LogP contribution in [0, 0.1) is 13.8 Å². The molecule has 1 atom stereocenters. The SMILES string of the molecule is CCC(C(=O)NC(C)(C)C)N(Cc1ccc(Cl)cc1)C(=O)CN(c1cc(C)ccc1C)S(=O)(=O)c1ccccc1. The van der Waals surface area contributed by atoms with Gasteiger partial charge < -0.3 is 10.2 Å². The number of rotatable bonds is 10. The molecule has 2 amide bonds. The maximum Gasteiger partial charge on any atom is 0.264 e. The Bertz CT molecular complexity index is 1440. The van der Waals surface area contributed by atoms with Crippen LogP contribution < -0.4 is 9.62 Å². The Morgan fingerprint density at radius 3 is 2.15 bits per heavy atom. The number of nitrogens with zero attached hydrogens (tertiary/aromatic N) is 2. The normalized spacial score (nSPS) is 12.5. The van der Waals surface area contributed by atoms with E-state index < -0.39 is 34.1 Å². The Hall–Kier alpha value is -3.36. The largest absolute Gasteiger partial charge is 0.350 e. The Kier molecular flexibility index (Phi) is 10.0. The second-order valence-corrected chi connectivity index (χ2v) is 13.2. The van der Waals surface area contributed by atoms with E-state index in [1.54, 1.807) is 48.5 Å². The average molecular weight is 584 g/mol. The van der Waals surface area contributed by atoms with Gasteiger partial charge in [0.1, 0.15) is 12.6 Å². The highest BCUT2D eigenvalue weighted by Gasteiger charge is 2.35.